The highest BCUT2D eigenvalue weighted by Crippen LogP contribution is 1.97. The molecule has 0 amide bonds. The molecule has 2 rings (SSSR count). The Bertz CT molecular complexity index is 631. The quantitative estimate of drug-likeness (QED) is 0.510. The molecule has 1 aliphatic rings. The second-order valence-corrected chi connectivity index (χ2v) is 6.60. The van der Waals surface area contributed by atoms with Crippen molar-refractivity contribution >= 4 is 21.9 Å². The maximum atomic E-state index is 10.4. The number of carbonyl (C=O) groups is 1. The van der Waals surface area contributed by atoms with E-state index in [1.165, 1.54) is 0 Å². The SMILES string of the molecule is CC1=NCCC(C(=O)[O-])N1.O=S(=O)(O)CCC[n+]1ccccc1. The first kappa shape index (κ1) is 19.0. The third-order valence-corrected chi connectivity index (χ3v) is 3.83. The van der Waals surface area contributed by atoms with Gasteiger partial charge in [0.15, 0.2) is 12.4 Å². The van der Waals surface area contributed by atoms with E-state index in [1.54, 1.807) is 6.92 Å². The zero-order valence-corrected chi connectivity index (χ0v) is 13.7. The normalized spacial score (nSPS) is 17.3. The first-order valence-corrected chi connectivity index (χ1v) is 8.76. The van der Waals surface area contributed by atoms with Gasteiger partial charge in [-0.25, -0.2) is 4.57 Å². The molecule has 0 aromatic carbocycles. The Hall–Kier alpha value is -2.00. The van der Waals surface area contributed by atoms with Crippen LogP contribution in [0.2, 0.25) is 0 Å². The lowest BCUT2D eigenvalue weighted by atomic mass is 10.2. The average Bonchev–Trinajstić information content (AvgIpc) is 2.48. The van der Waals surface area contributed by atoms with Gasteiger partial charge in [-0.2, -0.15) is 8.42 Å². The number of aromatic nitrogens is 1. The van der Waals surface area contributed by atoms with Gasteiger partial charge >= 0.3 is 0 Å². The Morgan fingerprint density at radius 2 is 2.09 bits per heavy atom. The van der Waals surface area contributed by atoms with Crippen LogP contribution in [0.3, 0.4) is 0 Å². The zero-order chi connectivity index (χ0) is 17.3. The van der Waals surface area contributed by atoms with Gasteiger partial charge in [-0.1, -0.05) is 6.07 Å². The number of aliphatic carboxylic acids is 1. The number of rotatable bonds is 5. The highest BCUT2D eigenvalue weighted by Gasteiger charge is 2.12. The van der Waals surface area contributed by atoms with E-state index in [1.807, 2.05) is 35.2 Å². The Kier molecular flexibility index (Phi) is 7.63. The molecule has 2 heterocycles. The number of carbonyl (C=O) groups excluding carboxylic acids is 1. The van der Waals surface area contributed by atoms with Gasteiger partial charge in [0.05, 0.1) is 23.6 Å². The summed E-state index contributed by atoms with van der Waals surface area (Å²) in [4.78, 5) is 14.2. The molecule has 9 heteroatoms. The molecule has 8 nitrogen and oxygen atoms in total. The van der Waals surface area contributed by atoms with Crippen LogP contribution in [0.5, 0.6) is 0 Å². The van der Waals surface area contributed by atoms with E-state index in [-0.39, 0.29) is 5.75 Å². The van der Waals surface area contributed by atoms with Crippen LogP contribution in [0.15, 0.2) is 35.6 Å². The van der Waals surface area contributed by atoms with Gasteiger partial charge in [0, 0.05) is 25.1 Å². The van der Waals surface area contributed by atoms with Crippen molar-refractivity contribution in [2.24, 2.45) is 4.99 Å². The summed E-state index contributed by atoms with van der Waals surface area (Å²) in [6.07, 6.45) is 4.65. The van der Waals surface area contributed by atoms with E-state index < -0.39 is 22.1 Å². The van der Waals surface area contributed by atoms with Gasteiger partial charge in [0.2, 0.25) is 0 Å². The van der Waals surface area contributed by atoms with E-state index in [2.05, 4.69) is 10.3 Å². The minimum absolute atomic E-state index is 0.186. The van der Waals surface area contributed by atoms with Crippen LogP contribution in [0.25, 0.3) is 0 Å². The number of hydrogen-bond acceptors (Lipinski definition) is 6. The summed E-state index contributed by atoms with van der Waals surface area (Å²) in [6.45, 7) is 2.92. The minimum Gasteiger partial charge on any atom is -0.548 e. The molecule has 2 N–H and O–H groups in total. The Labute approximate surface area is 135 Å². The number of amidine groups is 1. The largest absolute Gasteiger partial charge is 0.548 e. The van der Waals surface area contributed by atoms with E-state index >= 15 is 0 Å². The number of carboxylic acid groups (broad SMARTS) is 1. The number of carboxylic acids is 1. The van der Waals surface area contributed by atoms with Crippen molar-refractivity contribution in [1.82, 2.24) is 5.32 Å². The van der Waals surface area contributed by atoms with Crippen LogP contribution in [-0.4, -0.2) is 43.1 Å². The molecule has 128 valence electrons. The number of aryl methyl sites for hydroxylation is 1. The molecule has 0 aliphatic carbocycles. The first-order chi connectivity index (χ1) is 10.8. The predicted octanol–water partition coefficient (Wildman–Crippen LogP) is -1.23. The fourth-order valence-electron chi connectivity index (χ4n) is 1.92. The van der Waals surface area contributed by atoms with Gasteiger partial charge in [0.25, 0.3) is 10.1 Å². The van der Waals surface area contributed by atoms with E-state index in [0.717, 1.165) is 0 Å². The Morgan fingerprint density at radius 1 is 1.43 bits per heavy atom. The molecule has 0 bridgehead atoms. The maximum absolute atomic E-state index is 10.4. The number of hydrogen-bond donors (Lipinski definition) is 2. The van der Waals surface area contributed by atoms with E-state index in [0.29, 0.717) is 31.8 Å². The monoisotopic (exact) mass is 343 g/mol. The molecule has 0 saturated heterocycles. The third-order valence-electron chi connectivity index (χ3n) is 3.03. The van der Waals surface area contributed by atoms with Crippen LogP contribution in [0, 0.1) is 0 Å². The van der Waals surface area contributed by atoms with Gasteiger partial charge in [0.1, 0.15) is 6.54 Å². The first-order valence-electron chi connectivity index (χ1n) is 7.15. The highest BCUT2D eigenvalue weighted by molar-refractivity contribution is 7.85. The van der Waals surface area contributed by atoms with Crippen molar-refractivity contribution in [3.63, 3.8) is 0 Å². The van der Waals surface area contributed by atoms with Crippen LogP contribution in [0.4, 0.5) is 0 Å². The summed E-state index contributed by atoms with van der Waals surface area (Å²) >= 11 is 0. The lowest BCUT2D eigenvalue weighted by molar-refractivity contribution is -0.696. The fraction of sp³-hybridized carbons (Fsp3) is 0.500. The molecule has 0 saturated carbocycles. The van der Waals surface area contributed by atoms with E-state index in [9.17, 15) is 18.3 Å². The lowest BCUT2D eigenvalue weighted by Crippen LogP contribution is -2.49. The second-order valence-electron chi connectivity index (χ2n) is 5.02. The number of pyridine rings is 1. The van der Waals surface area contributed by atoms with Crippen molar-refractivity contribution in [3.8, 4) is 0 Å². The molecule has 23 heavy (non-hydrogen) atoms. The van der Waals surface area contributed by atoms with Crippen molar-refractivity contribution in [2.75, 3.05) is 12.3 Å². The molecule has 1 aliphatic heterocycles. The number of nitrogens with zero attached hydrogens (tertiary/aromatic N) is 2. The summed E-state index contributed by atoms with van der Waals surface area (Å²) in [7, 11) is -3.81. The minimum atomic E-state index is -3.81. The summed E-state index contributed by atoms with van der Waals surface area (Å²) in [5.41, 5.74) is 0. The summed E-state index contributed by atoms with van der Waals surface area (Å²) < 4.78 is 31.1. The van der Waals surface area contributed by atoms with Gasteiger partial charge in [-0.05, 0) is 13.3 Å². The number of aliphatic imine (C=N–C) groups is 1. The van der Waals surface area contributed by atoms with Crippen LogP contribution in [0.1, 0.15) is 19.8 Å². The summed E-state index contributed by atoms with van der Waals surface area (Å²) in [5.74, 6) is -0.552. The number of nitrogens with one attached hydrogen (secondary N) is 1. The van der Waals surface area contributed by atoms with Gasteiger partial charge < -0.3 is 15.2 Å². The zero-order valence-electron chi connectivity index (χ0n) is 12.9. The van der Waals surface area contributed by atoms with E-state index in [4.69, 9.17) is 4.55 Å². The molecule has 1 unspecified atom stereocenters. The van der Waals surface area contributed by atoms with Crippen molar-refractivity contribution < 1.29 is 27.4 Å². The smallest absolute Gasteiger partial charge is 0.265 e. The molecule has 1 aromatic heterocycles. The lowest BCUT2D eigenvalue weighted by Gasteiger charge is -2.23. The standard InChI is InChI=1S/C8H11NO3S.C6H10N2O2/c10-13(11,12)8-4-7-9-5-2-1-3-6-9;1-4-7-3-2-5(8-4)6(9)10/h1-3,5-6H,4,7-8H2;5H,2-3H2,1H3,(H,7,8)(H,9,10). The maximum Gasteiger partial charge on any atom is 0.265 e. The van der Waals surface area contributed by atoms with Crippen LogP contribution < -0.4 is 15.0 Å². The third kappa shape index (κ3) is 8.89. The van der Waals surface area contributed by atoms with Crippen molar-refractivity contribution in [3.05, 3.63) is 30.6 Å². The van der Waals surface area contributed by atoms with Gasteiger partial charge in [-0.3, -0.25) is 9.55 Å². The van der Waals surface area contributed by atoms with Crippen molar-refractivity contribution in [1.29, 1.82) is 0 Å². The molecular formula is C14H21N3O5S. The second kappa shape index (κ2) is 9.21. The fourth-order valence-corrected chi connectivity index (χ4v) is 2.41. The molecular weight excluding hydrogens is 322 g/mol. The molecule has 0 spiro atoms. The van der Waals surface area contributed by atoms with Crippen LogP contribution >= 0.6 is 0 Å². The average molecular weight is 343 g/mol. The Balaban J connectivity index is 0.000000238. The topological polar surface area (TPSA) is 123 Å². The molecule has 1 atom stereocenters. The predicted molar refractivity (Wildman–Crippen MR) is 82.2 cm³/mol. The molecule has 1 aromatic rings. The van der Waals surface area contributed by atoms with Crippen molar-refractivity contribution in [2.45, 2.75) is 32.4 Å². The Morgan fingerprint density at radius 3 is 2.57 bits per heavy atom. The van der Waals surface area contributed by atoms with Crippen LogP contribution in [-0.2, 0) is 21.5 Å². The summed E-state index contributed by atoms with van der Waals surface area (Å²) in [5, 5.41) is 13.0. The summed E-state index contributed by atoms with van der Waals surface area (Å²) in [6, 6.07) is 5.08. The molecule has 0 fully saturated rings. The van der Waals surface area contributed by atoms with Gasteiger partial charge in [-0.15, -0.1) is 0 Å². The highest BCUT2D eigenvalue weighted by atomic mass is 32.2. The molecule has 0 radical (unpaired) electrons.